The van der Waals surface area contributed by atoms with Gasteiger partial charge in [-0.1, -0.05) is 18.2 Å². The highest BCUT2D eigenvalue weighted by Gasteiger charge is 2.17. The SMILES string of the molecule is Cc1ccccc1NC(=O)Cn1nc2c3c(C)c(C)sc3ncn2c1=O. The molecule has 0 unspecified atom stereocenters. The monoisotopic (exact) mass is 367 g/mol. The molecular weight excluding hydrogens is 350 g/mol. The van der Waals surface area contributed by atoms with Gasteiger partial charge in [0, 0.05) is 10.6 Å². The molecule has 0 spiro atoms. The third kappa shape index (κ3) is 2.59. The normalized spacial score (nSPS) is 11.3. The number of nitrogens with zero attached hydrogens (tertiary/aromatic N) is 4. The van der Waals surface area contributed by atoms with Gasteiger partial charge in [-0.05, 0) is 38.0 Å². The second-order valence-electron chi connectivity index (χ2n) is 6.20. The lowest BCUT2D eigenvalue weighted by Gasteiger charge is -2.07. The van der Waals surface area contributed by atoms with Crippen LogP contribution in [0, 0.1) is 20.8 Å². The van der Waals surface area contributed by atoms with Crippen LogP contribution in [0.5, 0.6) is 0 Å². The van der Waals surface area contributed by atoms with Crippen molar-refractivity contribution in [2.24, 2.45) is 0 Å². The number of nitrogens with one attached hydrogen (secondary N) is 1. The lowest BCUT2D eigenvalue weighted by atomic mass is 10.2. The van der Waals surface area contributed by atoms with E-state index in [1.807, 2.05) is 45.0 Å². The second-order valence-corrected chi connectivity index (χ2v) is 7.41. The fraction of sp³-hybridized carbons (Fsp3) is 0.222. The molecule has 0 saturated carbocycles. The van der Waals surface area contributed by atoms with Crippen LogP contribution in [0.3, 0.4) is 0 Å². The van der Waals surface area contributed by atoms with Crippen molar-refractivity contribution < 1.29 is 4.79 Å². The van der Waals surface area contributed by atoms with Crippen molar-refractivity contribution in [3.05, 3.63) is 57.1 Å². The maximum absolute atomic E-state index is 12.6. The predicted octanol–water partition coefficient (Wildman–Crippen LogP) is 2.67. The first-order chi connectivity index (χ1) is 12.5. The van der Waals surface area contributed by atoms with Gasteiger partial charge in [0.05, 0.1) is 5.39 Å². The summed E-state index contributed by atoms with van der Waals surface area (Å²) < 4.78 is 2.57. The van der Waals surface area contributed by atoms with Crippen molar-refractivity contribution >= 4 is 38.8 Å². The third-order valence-corrected chi connectivity index (χ3v) is 5.58. The molecule has 0 aliphatic rings. The molecule has 8 heteroatoms. The summed E-state index contributed by atoms with van der Waals surface area (Å²) in [6.45, 7) is 5.77. The first kappa shape index (κ1) is 16.5. The number of aryl methyl sites for hydroxylation is 3. The molecule has 0 radical (unpaired) electrons. The van der Waals surface area contributed by atoms with Crippen LogP contribution in [0.4, 0.5) is 5.69 Å². The Kier molecular flexibility index (Phi) is 3.84. The number of anilines is 1. The number of carbonyl (C=O) groups excluding carboxylic acids is 1. The van der Waals surface area contributed by atoms with Gasteiger partial charge in [-0.25, -0.2) is 18.9 Å². The van der Waals surface area contributed by atoms with E-state index >= 15 is 0 Å². The molecule has 1 N–H and O–H groups in total. The molecule has 0 saturated heterocycles. The fourth-order valence-corrected chi connectivity index (χ4v) is 3.90. The Bertz CT molecular complexity index is 1220. The van der Waals surface area contributed by atoms with Gasteiger partial charge in [0.2, 0.25) is 5.91 Å². The van der Waals surface area contributed by atoms with E-state index in [1.54, 1.807) is 11.3 Å². The van der Waals surface area contributed by atoms with E-state index in [9.17, 15) is 9.59 Å². The first-order valence-electron chi connectivity index (χ1n) is 8.15. The molecule has 26 heavy (non-hydrogen) atoms. The van der Waals surface area contributed by atoms with E-state index in [2.05, 4.69) is 15.4 Å². The summed E-state index contributed by atoms with van der Waals surface area (Å²) in [5.74, 6) is -0.299. The van der Waals surface area contributed by atoms with Crippen LogP contribution in [-0.4, -0.2) is 25.1 Å². The van der Waals surface area contributed by atoms with Crippen LogP contribution in [0.25, 0.3) is 15.9 Å². The van der Waals surface area contributed by atoms with Gasteiger partial charge in [-0.3, -0.25) is 4.79 Å². The summed E-state index contributed by atoms with van der Waals surface area (Å²) in [5.41, 5.74) is 2.90. The molecule has 0 fully saturated rings. The van der Waals surface area contributed by atoms with Crippen molar-refractivity contribution in [1.82, 2.24) is 19.2 Å². The molecule has 7 nitrogen and oxygen atoms in total. The minimum absolute atomic E-state index is 0.154. The quantitative estimate of drug-likeness (QED) is 0.604. The Morgan fingerprint density at radius 2 is 2.00 bits per heavy atom. The smallest absolute Gasteiger partial charge is 0.324 e. The number of rotatable bonds is 3. The lowest BCUT2D eigenvalue weighted by Crippen LogP contribution is -2.28. The minimum Gasteiger partial charge on any atom is -0.324 e. The topological polar surface area (TPSA) is 81.3 Å². The van der Waals surface area contributed by atoms with Gasteiger partial charge in [-0.15, -0.1) is 16.4 Å². The number of thiophene rings is 1. The Morgan fingerprint density at radius 1 is 1.23 bits per heavy atom. The summed E-state index contributed by atoms with van der Waals surface area (Å²) in [5, 5.41) is 8.08. The van der Waals surface area contributed by atoms with Crippen LogP contribution in [0.15, 0.2) is 35.4 Å². The zero-order valence-corrected chi connectivity index (χ0v) is 15.4. The van der Waals surface area contributed by atoms with Gasteiger partial charge in [0.1, 0.15) is 17.7 Å². The van der Waals surface area contributed by atoms with Gasteiger partial charge in [0.15, 0.2) is 5.65 Å². The molecule has 132 valence electrons. The summed E-state index contributed by atoms with van der Waals surface area (Å²) in [4.78, 5) is 31.3. The molecule has 3 heterocycles. The van der Waals surface area contributed by atoms with Crippen molar-refractivity contribution in [2.75, 3.05) is 5.32 Å². The molecule has 4 aromatic rings. The number of hydrogen-bond acceptors (Lipinski definition) is 5. The highest BCUT2D eigenvalue weighted by molar-refractivity contribution is 7.18. The lowest BCUT2D eigenvalue weighted by molar-refractivity contribution is -0.117. The molecule has 0 atom stereocenters. The van der Waals surface area contributed by atoms with E-state index < -0.39 is 0 Å². The molecule has 3 aromatic heterocycles. The first-order valence-corrected chi connectivity index (χ1v) is 8.96. The average molecular weight is 367 g/mol. The Morgan fingerprint density at radius 3 is 2.77 bits per heavy atom. The van der Waals surface area contributed by atoms with Crippen LogP contribution in [0.1, 0.15) is 16.0 Å². The van der Waals surface area contributed by atoms with Crippen molar-refractivity contribution in [2.45, 2.75) is 27.3 Å². The van der Waals surface area contributed by atoms with E-state index in [1.165, 1.54) is 15.4 Å². The van der Waals surface area contributed by atoms with Gasteiger partial charge in [-0.2, -0.15) is 0 Å². The molecule has 1 amide bonds. The number of para-hydroxylation sites is 1. The van der Waals surface area contributed by atoms with Crippen molar-refractivity contribution in [1.29, 1.82) is 0 Å². The zero-order valence-electron chi connectivity index (χ0n) is 14.6. The number of aromatic nitrogens is 4. The Hall–Kier alpha value is -3.00. The largest absolute Gasteiger partial charge is 0.352 e. The fourth-order valence-electron chi connectivity index (χ4n) is 2.91. The summed E-state index contributed by atoms with van der Waals surface area (Å²) in [6.07, 6.45) is 1.47. The molecular formula is C18H17N5O2S. The predicted molar refractivity (Wildman–Crippen MR) is 102 cm³/mol. The van der Waals surface area contributed by atoms with Gasteiger partial charge < -0.3 is 5.32 Å². The number of hydrogen-bond donors (Lipinski definition) is 1. The molecule has 4 rings (SSSR count). The van der Waals surface area contributed by atoms with E-state index in [4.69, 9.17) is 0 Å². The average Bonchev–Trinajstić information content (AvgIpc) is 3.07. The Labute approximate surface area is 152 Å². The van der Waals surface area contributed by atoms with Crippen LogP contribution >= 0.6 is 11.3 Å². The zero-order chi connectivity index (χ0) is 18.4. The highest BCUT2D eigenvalue weighted by Crippen LogP contribution is 2.30. The summed E-state index contributed by atoms with van der Waals surface area (Å²) in [6, 6.07) is 7.49. The summed E-state index contributed by atoms with van der Waals surface area (Å²) >= 11 is 1.57. The minimum atomic E-state index is -0.377. The number of amides is 1. The van der Waals surface area contributed by atoms with E-state index in [-0.39, 0.29) is 18.1 Å². The van der Waals surface area contributed by atoms with Crippen LogP contribution in [-0.2, 0) is 11.3 Å². The van der Waals surface area contributed by atoms with E-state index in [0.29, 0.717) is 5.65 Å². The van der Waals surface area contributed by atoms with Crippen LogP contribution < -0.4 is 11.0 Å². The van der Waals surface area contributed by atoms with Gasteiger partial charge in [0.25, 0.3) is 0 Å². The molecule has 0 bridgehead atoms. The van der Waals surface area contributed by atoms with Gasteiger partial charge >= 0.3 is 5.69 Å². The standard InChI is InChI=1S/C18H17N5O2S/c1-10-6-4-5-7-13(10)20-14(24)8-23-18(25)22-9-19-17-15(16(22)21-23)11(2)12(3)26-17/h4-7,9H,8H2,1-3H3,(H,20,24). The number of benzene rings is 1. The molecule has 0 aliphatic carbocycles. The molecule has 1 aromatic carbocycles. The maximum atomic E-state index is 12.6. The number of fused-ring (bicyclic) bond motifs is 3. The Balaban J connectivity index is 1.72. The second kappa shape index (κ2) is 6.06. The van der Waals surface area contributed by atoms with Crippen molar-refractivity contribution in [3.8, 4) is 0 Å². The van der Waals surface area contributed by atoms with Crippen LogP contribution in [0.2, 0.25) is 0 Å². The maximum Gasteiger partial charge on any atom is 0.352 e. The van der Waals surface area contributed by atoms with E-state index in [0.717, 1.165) is 31.9 Å². The highest BCUT2D eigenvalue weighted by atomic mass is 32.1. The van der Waals surface area contributed by atoms with Crippen molar-refractivity contribution in [3.63, 3.8) is 0 Å². The summed E-state index contributed by atoms with van der Waals surface area (Å²) in [7, 11) is 0. The third-order valence-electron chi connectivity index (χ3n) is 4.46. The molecule has 0 aliphatic heterocycles. The number of carbonyl (C=O) groups is 1.